The molecular weight excluding hydrogens is 200 g/mol. The summed E-state index contributed by atoms with van der Waals surface area (Å²) in [7, 11) is 1.66. The molecule has 1 aromatic rings. The molecular formula is C14H18O2. The van der Waals surface area contributed by atoms with Gasteiger partial charge in [-0.25, -0.2) is 0 Å². The predicted octanol–water partition coefficient (Wildman–Crippen LogP) is 2.77. The summed E-state index contributed by atoms with van der Waals surface area (Å²) in [6, 6.07) is 7.82. The highest BCUT2D eigenvalue weighted by Crippen LogP contribution is 2.57. The highest BCUT2D eigenvalue weighted by molar-refractivity contribution is 5.30. The fraction of sp³-hybridized carbons (Fsp3) is 0.571. The van der Waals surface area contributed by atoms with Crippen molar-refractivity contribution in [1.29, 1.82) is 0 Å². The normalized spacial score (nSPS) is 33.2. The maximum atomic E-state index is 10.3. The van der Waals surface area contributed by atoms with Crippen LogP contribution >= 0.6 is 0 Å². The minimum Gasteiger partial charge on any atom is -0.497 e. The molecule has 0 aliphatic heterocycles. The Bertz CT molecular complexity index is 378. The van der Waals surface area contributed by atoms with Gasteiger partial charge in [-0.05, 0) is 54.7 Å². The minimum atomic E-state index is -0.303. The number of hydrogen-bond acceptors (Lipinski definition) is 2. The molecule has 3 unspecified atom stereocenters. The summed E-state index contributed by atoms with van der Waals surface area (Å²) in [5.41, 5.74) is 1.01. The van der Waals surface area contributed by atoms with Crippen LogP contribution in [-0.2, 0) is 0 Å². The van der Waals surface area contributed by atoms with Crippen LogP contribution in [0.1, 0.15) is 30.9 Å². The van der Waals surface area contributed by atoms with E-state index in [1.165, 1.54) is 19.3 Å². The number of hydrogen-bond donors (Lipinski definition) is 1. The van der Waals surface area contributed by atoms with E-state index in [1.807, 2.05) is 24.3 Å². The van der Waals surface area contributed by atoms with Crippen molar-refractivity contribution in [3.05, 3.63) is 29.8 Å². The third-order valence-electron chi connectivity index (χ3n) is 4.16. The van der Waals surface area contributed by atoms with E-state index in [0.29, 0.717) is 5.92 Å². The predicted molar refractivity (Wildman–Crippen MR) is 62.3 cm³/mol. The molecule has 16 heavy (non-hydrogen) atoms. The third-order valence-corrected chi connectivity index (χ3v) is 4.16. The maximum absolute atomic E-state index is 10.3. The maximum Gasteiger partial charge on any atom is 0.119 e. The van der Waals surface area contributed by atoms with Crippen molar-refractivity contribution in [2.75, 3.05) is 7.11 Å². The van der Waals surface area contributed by atoms with Crippen LogP contribution < -0.4 is 4.74 Å². The van der Waals surface area contributed by atoms with Crippen LogP contribution in [0.2, 0.25) is 0 Å². The molecule has 0 aromatic heterocycles. The number of fused-ring (bicyclic) bond motifs is 1. The van der Waals surface area contributed by atoms with E-state index in [0.717, 1.165) is 23.1 Å². The zero-order valence-corrected chi connectivity index (χ0v) is 9.60. The lowest BCUT2D eigenvalue weighted by molar-refractivity contribution is 0.104. The molecule has 2 aliphatic carbocycles. The number of aliphatic hydroxyl groups is 1. The van der Waals surface area contributed by atoms with E-state index in [2.05, 4.69) is 0 Å². The van der Waals surface area contributed by atoms with Crippen LogP contribution in [0.5, 0.6) is 5.75 Å². The first-order valence-electron chi connectivity index (χ1n) is 6.10. The van der Waals surface area contributed by atoms with E-state index in [9.17, 15) is 5.11 Å². The molecule has 1 N–H and O–H groups in total. The van der Waals surface area contributed by atoms with E-state index < -0.39 is 0 Å². The first-order valence-corrected chi connectivity index (χ1v) is 6.10. The number of ether oxygens (including phenoxy) is 1. The van der Waals surface area contributed by atoms with Gasteiger partial charge < -0.3 is 9.84 Å². The Hall–Kier alpha value is -1.02. The second-order valence-electron chi connectivity index (χ2n) is 5.21. The summed E-state index contributed by atoms with van der Waals surface area (Å²) < 4.78 is 5.19. The monoisotopic (exact) mass is 218 g/mol. The molecule has 0 radical (unpaired) electrons. The Morgan fingerprint density at radius 1 is 1.25 bits per heavy atom. The molecule has 2 saturated carbocycles. The molecule has 2 fully saturated rings. The number of rotatable bonds is 3. The topological polar surface area (TPSA) is 29.5 Å². The Labute approximate surface area is 96.2 Å². The van der Waals surface area contributed by atoms with Crippen molar-refractivity contribution in [2.24, 2.45) is 17.8 Å². The van der Waals surface area contributed by atoms with Crippen molar-refractivity contribution in [2.45, 2.75) is 25.4 Å². The quantitative estimate of drug-likeness (QED) is 0.845. The summed E-state index contributed by atoms with van der Waals surface area (Å²) >= 11 is 0. The largest absolute Gasteiger partial charge is 0.497 e. The Balaban J connectivity index is 1.75. The fourth-order valence-electron chi connectivity index (χ4n) is 3.12. The second kappa shape index (κ2) is 3.77. The first-order chi connectivity index (χ1) is 7.78. The highest BCUT2D eigenvalue weighted by atomic mass is 16.5. The molecule has 86 valence electrons. The lowest BCUT2D eigenvalue weighted by Gasteiger charge is -2.20. The summed E-state index contributed by atoms with van der Waals surface area (Å²) in [6.07, 6.45) is 3.52. The van der Waals surface area contributed by atoms with E-state index in [-0.39, 0.29) is 6.10 Å². The zero-order valence-electron chi connectivity index (χ0n) is 9.60. The lowest BCUT2D eigenvalue weighted by atomic mass is 9.91. The van der Waals surface area contributed by atoms with Crippen molar-refractivity contribution in [3.63, 3.8) is 0 Å². The van der Waals surface area contributed by atoms with Crippen LogP contribution in [0.4, 0.5) is 0 Å². The standard InChI is InChI=1S/C14H18O2/c1-16-13-4-2-3-9(8-13)14(15)12-6-10-5-11(10)7-12/h2-4,8,10-12,14-15H,5-7H2,1H3. The lowest BCUT2D eigenvalue weighted by Crippen LogP contribution is -2.10. The van der Waals surface area contributed by atoms with E-state index >= 15 is 0 Å². The van der Waals surface area contributed by atoms with Crippen molar-refractivity contribution >= 4 is 0 Å². The number of methoxy groups -OCH3 is 1. The molecule has 0 spiro atoms. The average Bonchev–Trinajstić information content (AvgIpc) is 2.95. The van der Waals surface area contributed by atoms with Gasteiger partial charge in [-0.1, -0.05) is 12.1 Å². The molecule has 1 aromatic carbocycles. The van der Waals surface area contributed by atoms with E-state index in [1.54, 1.807) is 7.11 Å². The van der Waals surface area contributed by atoms with Gasteiger partial charge in [0, 0.05) is 0 Å². The van der Waals surface area contributed by atoms with Gasteiger partial charge in [0.25, 0.3) is 0 Å². The van der Waals surface area contributed by atoms with Crippen LogP contribution in [0.25, 0.3) is 0 Å². The fourth-order valence-corrected chi connectivity index (χ4v) is 3.12. The van der Waals surface area contributed by atoms with E-state index in [4.69, 9.17) is 4.74 Å². The SMILES string of the molecule is COc1cccc(C(O)C2CC3CC3C2)c1. The number of benzene rings is 1. The van der Waals surface area contributed by atoms with Gasteiger partial charge in [-0.3, -0.25) is 0 Å². The van der Waals surface area contributed by atoms with Gasteiger partial charge >= 0.3 is 0 Å². The molecule has 2 aliphatic rings. The van der Waals surface area contributed by atoms with Gasteiger partial charge in [-0.2, -0.15) is 0 Å². The van der Waals surface area contributed by atoms with Crippen molar-refractivity contribution in [1.82, 2.24) is 0 Å². The molecule has 0 bridgehead atoms. The van der Waals surface area contributed by atoms with Crippen LogP contribution in [-0.4, -0.2) is 12.2 Å². The molecule has 2 nitrogen and oxygen atoms in total. The summed E-state index contributed by atoms with van der Waals surface area (Å²) in [5, 5.41) is 10.3. The minimum absolute atomic E-state index is 0.303. The van der Waals surface area contributed by atoms with Gasteiger partial charge in [-0.15, -0.1) is 0 Å². The molecule has 0 saturated heterocycles. The number of aliphatic hydroxyl groups excluding tert-OH is 1. The second-order valence-corrected chi connectivity index (χ2v) is 5.21. The first kappa shape index (κ1) is 10.2. The highest BCUT2D eigenvalue weighted by Gasteiger charge is 2.47. The summed E-state index contributed by atoms with van der Waals surface area (Å²) in [6.45, 7) is 0. The molecule has 0 amide bonds. The van der Waals surface area contributed by atoms with Crippen LogP contribution in [0.15, 0.2) is 24.3 Å². The average molecular weight is 218 g/mol. The molecule has 0 heterocycles. The van der Waals surface area contributed by atoms with Gasteiger partial charge in [0.2, 0.25) is 0 Å². The molecule has 3 atom stereocenters. The van der Waals surface area contributed by atoms with Crippen molar-refractivity contribution in [3.8, 4) is 5.75 Å². The Kier molecular flexibility index (Phi) is 2.40. The summed E-state index contributed by atoms with van der Waals surface area (Å²) in [5.74, 6) is 3.14. The third kappa shape index (κ3) is 1.71. The van der Waals surface area contributed by atoms with Gasteiger partial charge in [0.15, 0.2) is 0 Å². The zero-order chi connectivity index (χ0) is 11.1. The van der Waals surface area contributed by atoms with Crippen LogP contribution in [0, 0.1) is 17.8 Å². The molecule has 2 heteroatoms. The van der Waals surface area contributed by atoms with Gasteiger partial charge in [0.05, 0.1) is 13.2 Å². The smallest absolute Gasteiger partial charge is 0.119 e. The molecule has 3 rings (SSSR count). The van der Waals surface area contributed by atoms with Crippen molar-refractivity contribution < 1.29 is 9.84 Å². The van der Waals surface area contributed by atoms with Crippen LogP contribution in [0.3, 0.4) is 0 Å². The summed E-state index contributed by atoms with van der Waals surface area (Å²) in [4.78, 5) is 0. The Morgan fingerprint density at radius 2 is 2.00 bits per heavy atom. The Morgan fingerprint density at radius 3 is 2.69 bits per heavy atom. The van der Waals surface area contributed by atoms with Gasteiger partial charge in [0.1, 0.15) is 5.75 Å².